The number of likely N-dealkylation sites (N-methyl/N-ethyl adjacent to an activating group) is 1. The third-order valence-corrected chi connectivity index (χ3v) is 4.39. The van der Waals surface area contributed by atoms with Crippen LogP contribution >= 0.6 is 0 Å². The topological polar surface area (TPSA) is 49.4 Å². The second-order valence-corrected chi connectivity index (χ2v) is 7.33. The highest BCUT2D eigenvalue weighted by molar-refractivity contribution is 7.90. The first kappa shape index (κ1) is 14.9. The minimum absolute atomic E-state index is 0.238. The maximum atomic E-state index is 10.9. The zero-order valence-corrected chi connectivity index (χ0v) is 11.9. The van der Waals surface area contributed by atoms with E-state index in [0.717, 1.165) is 25.6 Å². The Hall–Kier alpha value is -0.130. The molecular formula is C12H26N2O2S. The largest absolute Gasteiger partial charge is 0.314 e. The summed E-state index contributed by atoms with van der Waals surface area (Å²) in [6.45, 7) is 6.97. The summed E-state index contributed by atoms with van der Waals surface area (Å²) in [5.74, 6) is 1.15. The zero-order chi connectivity index (χ0) is 12.7. The second kappa shape index (κ2) is 7.34. The molecule has 1 aliphatic carbocycles. The van der Waals surface area contributed by atoms with Crippen LogP contribution in [-0.4, -0.2) is 58.1 Å². The van der Waals surface area contributed by atoms with E-state index in [1.807, 2.05) is 0 Å². The first-order valence-corrected chi connectivity index (χ1v) is 8.68. The lowest BCUT2D eigenvalue weighted by Gasteiger charge is -2.31. The van der Waals surface area contributed by atoms with Gasteiger partial charge in [0.15, 0.2) is 0 Å². The molecule has 5 heteroatoms. The normalized spacial score (nSPS) is 17.4. The molecule has 17 heavy (non-hydrogen) atoms. The molecule has 0 bridgehead atoms. The molecule has 1 fully saturated rings. The SMILES string of the molecule is CCN(CCNCCS(C)(=O)=O)CC1CCC1. The fourth-order valence-electron chi connectivity index (χ4n) is 2.04. The van der Waals surface area contributed by atoms with E-state index in [-0.39, 0.29) is 5.75 Å². The third kappa shape index (κ3) is 7.01. The Morgan fingerprint density at radius 1 is 1.29 bits per heavy atom. The molecule has 0 heterocycles. The second-order valence-electron chi connectivity index (χ2n) is 5.07. The fourth-order valence-corrected chi connectivity index (χ4v) is 2.55. The Morgan fingerprint density at radius 2 is 2.00 bits per heavy atom. The van der Waals surface area contributed by atoms with Crippen molar-refractivity contribution in [2.45, 2.75) is 26.2 Å². The van der Waals surface area contributed by atoms with E-state index in [1.54, 1.807) is 0 Å². The smallest absolute Gasteiger partial charge is 0.148 e. The fraction of sp³-hybridized carbons (Fsp3) is 1.00. The van der Waals surface area contributed by atoms with Gasteiger partial charge >= 0.3 is 0 Å². The van der Waals surface area contributed by atoms with Crippen LogP contribution in [-0.2, 0) is 9.84 Å². The number of sulfone groups is 1. The molecule has 4 nitrogen and oxygen atoms in total. The summed E-state index contributed by atoms with van der Waals surface area (Å²) < 4.78 is 21.9. The van der Waals surface area contributed by atoms with Crippen molar-refractivity contribution in [2.24, 2.45) is 5.92 Å². The van der Waals surface area contributed by atoms with Gasteiger partial charge in [0.25, 0.3) is 0 Å². The number of rotatable bonds is 9. The van der Waals surface area contributed by atoms with Crippen LogP contribution in [0.3, 0.4) is 0 Å². The lowest BCUT2D eigenvalue weighted by Crippen LogP contribution is -2.38. The van der Waals surface area contributed by atoms with Crippen molar-refractivity contribution in [1.82, 2.24) is 10.2 Å². The Kier molecular flexibility index (Phi) is 6.44. The van der Waals surface area contributed by atoms with Crippen LogP contribution in [0.5, 0.6) is 0 Å². The van der Waals surface area contributed by atoms with E-state index < -0.39 is 9.84 Å². The predicted octanol–water partition coefficient (Wildman–Crippen LogP) is 0.743. The van der Waals surface area contributed by atoms with Gasteiger partial charge in [0.1, 0.15) is 9.84 Å². The highest BCUT2D eigenvalue weighted by Crippen LogP contribution is 2.26. The predicted molar refractivity (Wildman–Crippen MR) is 72.0 cm³/mol. The zero-order valence-electron chi connectivity index (χ0n) is 11.1. The quantitative estimate of drug-likeness (QED) is 0.623. The minimum Gasteiger partial charge on any atom is -0.314 e. The standard InChI is InChI=1S/C12H26N2O2S/c1-3-14(11-12-5-4-6-12)9-7-13-8-10-17(2,15)16/h12-13H,3-11H2,1-2H3. The van der Waals surface area contributed by atoms with Gasteiger partial charge < -0.3 is 10.2 Å². The van der Waals surface area contributed by atoms with Crippen molar-refractivity contribution >= 4 is 9.84 Å². The summed E-state index contributed by atoms with van der Waals surface area (Å²) in [5.41, 5.74) is 0. The van der Waals surface area contributed by atoms with E-state index in [1.165, 1.54) is 32.1 Å². The van der Waals surface area contributed by atoms with E-state index in [4.69, 9.17) is 0 Å². The summed E-state index contributed by atoms with van der Waals surface area (Å²) >= 11 is 0. The van der Waals surface area contributed by atoms with Crippen LogP contribution in [0.1, 0.15) is 26.2 Å². The average molecular weight is 262 g/mol. The van der Waals surface area contributed by atoms with Gasteiger partial charge in [0.2, 0.25) is 0 Å². The Bertz CT molecular complexity index is 300. The maximum absolute atomic E-state index is 10.9. The van der Waals surface area contributed by atoms with Gasteiger partial charge in [-0.1, -0.05) is 13.3 Å². The Labute approximate surface area is 106 Å². The van der Waals surface area contributed by atoms with E-state index in [9.17, 15) is 8.42 Å². The molecule has 0 amide bonds. The molecule has 0 atom stereocenters. The van der Waals surface area contributed by atoms with Gasteiger partial charge in [-0.15, -0.1) is 0 Å². The van der Waals surface area contributed by atoms with Gasteiger partial charge in [-0.25, -0.2) is 8.42 Å². The van der Waals surface area contributed by atoms with Crippen molar-refractivity contribution in [2.75, 3.05) is 44.7 Å². The van der Waals surface area contributed by atoms with Crippen LogP contribution in [0.15, 0.2) is 0 Å². The van der Waals surface area contributed by atoms with Crippen molar-refractivity contribution < 1.29 is 8.42 Å². The first-order chi connectivity index (χ1) is 8.01. The van der Waals surface area contributed by atoms with Gasteiger partial charge in [-0.05, 0) is 25.3 Å². The van der Waals surface area contributed by atoms with Gasteiger partial charge in [0.05, 0.1) is 5.75 Å². The molecule has 0 saturated heterocycles. The monoisotopic (exact) mass is 262 g/mol. The summed E-state index contributed by atoms with van der Waals surface area (Å²) in [6, 6.07) is 0. The molecule has 0 spiro atoms. The molecule has 102 valence electrons. The molecule has 1 rings (SSSR count). The van der Waals surface area contributed by atoms with E-state index in [2.05, 4.69) is 17.1 Å². The van der Waals surface area contributed by atoms with Gasteiger partial charge in [-0.3, -0.25) is 0 Å². The van der Waals surface area contributed by atoms with Crippen LogP contribution in [0.2, 0.25) is 0 Å². The summed E-state index contributed by atoms with van der Waals surface area (Å²) in [7, 11) is -2.82. The summed E-state index contributed by atoms with van der Waals surface area (Å²) in [6.07, 6.45) is 5.45. The molecule has 1 saturated carbocycles. The minimum atomic E-state index is -2.82. The van der Waals surface area contributed by atoms with Gasteiger partial charge in [0, 0.05) is 32.4 Å². The lowest BCUT2D eigenvalue weighted by atomic mass is 9.85. The summed E-state index contributed by atoms with van der Waals surface area (Å²) in [4.78, 5) is 2.46. The average Bonchev–Trinajstić information content (AvgIpc) is 2.17. The van der Waals surface area contributed by atoms with Crippen molar-refractivity contribution in [3.05, 3.63) is 0 Å². The Balaban J connectivity index is 2.02. The maximum Gasteiger partial charge on any atom is 0.148 e. The highest BCUT2D eigenvalue weighted by Gasteiger charge is 2.19. The van der Waals surface area contributed by atoms with Crippen LogP contribution in [0, 0.1) is 5.92 Å². The molecule has 0 unspecified atom stereocenters. The first-order valence-electron chi connectivity index (χ1n) is 6.62. The number of nitrogens with zero attached hydrogens (tertiary/aromatic N) is 1. The molecule has 0 aromatic carbocycles. The molecule has 0 aromatic heterocycles. The molecule has 0 aromatic rings. The van der Waals surface area contributed by atoms with Gasteiger partial charge in [-0.2, -0.15) is 0 Å². The Morgan fingerprint density at radius 3 is 2.47 bits per heavy atom. The molecule has 0 aliphatic heterocycles. The summed E-state index contributed by atoms with van der Waals surface area (Å²) in [5, 5.41) is 3.20. The molecule has 0 radical (unpaired) electrons. The van der Waals surface area contributed by atoms with Crippen LogP contribution in [0.25, 0.3) is 0 Å². The molecule has 1 N–H and O–H groups in total. The van der Waals surface area contributed by atoms with E-state index in [0.29, 0.717) is 6.54 Å². The lowest BCUT2D eigenvalue weighted by molar-refractivity contribution is 0.185. The highest BCUT2D eigenvalue weighted by atomic mass is 32.2. The van der Waals surface area contributed by atoms with Crippen molar-refractivity contribution in [1.29, 1.82) is 0 Å². The number of nitrogens with one attached hydrogen (secondary N) is 1. The molecular weight excluding hydrogens is 236 g/mol. The number of hydrogen-bond acceptors (Lipinski definition) is 4. The van der Waals surface area contributed by atoms with Crippen molar-refractivity contribution in [3.8, 4) is 0 Å². The van der Waals surface area contributed by atoms with Crippen LogP contribution < -0.4 is 5.32 Å². The van der Waals surface area contributed by atoms with E-state index >= 15 is 0 Å². The van der Waals surface area contributed by atoms with Crippen LogP contribution in [0.4, 0.5) is 0 Å². The molecule has 1 aliphatic rings. The third-order valence-electron chi connectivity index (χ3n) is 3.44. The number of hydrogen-bond donors (Lipinski definition) is 1. The van der Waals surface area contributed by atoms with Crippen molar-refractivity contribution in [3.63, 3.8) is 0 Å².